The van der Waals surface area contributed by atoms with Crippen molar-refractivity contribution >= 4 is 5.91 Å². The first-order valence-electron chi connectivity index (χ1n) is 13.0. The molecule has 1 amide bonds. The van der Waals surface area contributed by atoms with E-state index in [9.17, 15) is 9.90 Å². The van der Waals surface area contributed by atoms with Gasteiger partial charge in [-0.25, -0.2) is 0 Å². The number of pyridine rings is 1. The number of hydrogen-bond acceptors (Lipinski definition) is 5. The number of likely N-dealkylation sites (tertiary alicyclic amines) is 1. The molecule has 0 spiro atoms. The zero-order valence-electron chi connectivity index (χ0n) is 21.3. The van der Waals surface area contributed by atoms with E-state index >= 15 is 0 Å². The highest BCUT2D eigenvalue weighted by Gasteiger charge is 2.23. The fourth-order valence-corrected chi connectivity index (χ4v) is 4.74. The molecule has 6 heteroatoms. The first-order valence-corrected chi connectivity index (χ1v) is 13.0. The van der Waals surface area contributed by atoms with Crippen LogP contribution in [0.15, 0.2) is 67.0 Å². The molecule has 3 aromatic rings. The van der Waals surface area contributed by atoms with Gasteiger partial charge in [0.1, 0.15) is 11.9 Å². The zero-order chi connectivity index (χ0) is 25.3. The van der Waals surface area contributed by atoms with Gasteiger partial charge >= 0.3 is 0 Å². The summed E-state index contributed by atoms with van der Waals surface area (Å²) in [5, 5.41) is 13.9. The monoisotopic (exact) mass is 487 g/mol. The van der Waals surface area contributed by atoms with Crippen LogP contribution in [0.25, 0.3) is 11.1 Å². The predicted octanol–water partition coefficient (Wildman–Crippen LogP) is 4.64. The Balaban J connectivity index is 1.51. The molecule has 1 saturated heterocycles. The summed E-state index contributed by atoms with van der Waals surface area (Å²) in [5.41, 5.74) is 4.53. The average molecular weight is 488 g/mol. The van der Waals surface area contributed by atoms with Crippen molar-refractivity contribution in [3.8, 4) is 16.9 Å². The van der Waals surface area contributed by atoms with E-state index in [4.69, 9.17) is 4.74 Å². The molecule has 4 rings (SSSR count). The molecule has 2 N–H and O–H groups in total. The molecule has 2 unspecified atom stereocenters. The van der Waals surface area contributed by atoms with Gasteiger partial charge in [0.2, 0.25) is 0 Å². The summed E-state index contributed by atoms with van der Waals surface area (Å²) in [6.07, 6.45) is 6.10. The maximum Gasteiger partial charge on any atom is 0.255 e. The summed E-state index contributed by atoms with van der Waals surface area (Å²) in [5.74, 6) is 0.381. The molecule has 2 heterocycles. The third kappa shape index (κ3) is 6.71. The van der Waals surface area contributed by atoms with E-state index in [0.717, 1.165) is 41.9 Å². The smallest absolute Gasteiger partial charge is 0.255 e. The molecule has 1 aliphatic heterocycles. The second-order valence-corrected chi connectivity index (χ2v) is 9.58. The van der Waals surface area contributed by atoms with Gasteiger partial charge in [-0.05, 0) is 87.0 Å². The molecule has 0 bridgehead atoms. The summed E-state index contributed by atoms with van der Waals surface area (Å²) in [4.78, 5) is 19.7. The molecule has 0 aliphatic carbocycles. The number of aromatic nitrogens is 1. The van der Waals surface area contributed by atoms with Gasteiger partial charge in [0.05, 0.1) is 11.7 Å². The number of ether oxygens (including phenoxy) is 1. The average Bonchev–Trinajstić information content (AvgIpc) is 3.43. The van der Waals surface area contributed by atoms with Crippen molar-refractivity contribution in [2.45, 2.75) is 51.7 Å². The van der Waals surface area contributed by atoms with Crippen molar-refractivity contribution in [2.75, 3.05) is 26.2 Å². The van der Waals surface area contributed by atoms with Crippen LogP contribution < -0.4 is 10.1 Å². The van der Waals surface area contributed by atoms with Gasteiger partial charge in [0.15, 0.2) is 0 Å². The molecule has 2 atom stereocenters. The van der Waals surface area contributed by atoms with Crippen LogP contribution in [0.1, 0.15) is 47.7 Å². The number of nitrogens with one attached hydrogen (secondary N) is 1. The standard InChI is InChI=1S/C30H37N3O3/c1-22-26(25-10-4-3-5-11-25)13-14-27(30(35)32-17-20-33-18-6-7-19-33)29(22)36-23(2)28(34)15-12-24-9-8-16-31-21-24/h3-5,8-11,13-14,16,21,23,28,34H,6-7,12,15,17-20H2,1-2H3,(H,32,35). The Labute approximate surface area is 214 Å². The maximum absolute atomic E-state index is 13.2. The number of aryl methyl sites for hydroxylation is 1. The minimum Gasteiger partial charge on any atom is -0.487 e. The van der Waals surface area contributed by atoms with Crippen LogP contribution in [0.2, 0.25) is 0 Å². The topological polar surface area (TPSA) is 74.7 Å². The van der Waals surface area contributed by atoms with E-state index in [1.54, 1.807) is 6.20 Å². The van der Waals surface area contributed by atoms with Crippen LogP contribution in [0.3, 0.4) is 0 Å². The van der Waals surface area contributed by atoms with Crippen molar-refractivity contribution in [2.24, 2.45) is 0 Å². The Morgan fingerprint density at radius 1 is 1.11 bits per heavy atom. The first-order chi connectivity index (χ1) is 17.5. The lowest BCUT2D eigenvalue weighted by atomic mass is 9.96. The van der Waals surface area contributed by atoms with Crippen LogP contribution in [0.5, 0.6) is 5.75 Å². The van der Waals surface area contributed by atoms with Gasteiger partial charge in [-0.3, -0.25) is 9.78 Å². The van der Waals surface area contributed by atoms with Gasteiger partial charge in [-0.1, -0.05) is 42.5 Å². The highest BCUT2D eigenvalue weighted by atomic mass is 16.5. The first kappa shape index (κ1) is 25.9. The molecule has 1 aliphatic rings. The van der Waals surface area contributed by atoms with E-state index < -0.39 is 12.2 Å². The van der Waals surface area contributed by atoms with Crippen molar-refractivity contribution in [1.29, 1.82) is 0 Å². The largest absolute Gasteiger partial charge is 0.487 e. The Kier molecular flexibility index (Phi) is 9.09. The Bertz CT molecular complexity index is 1120. The van der Waals surface area contributed by atoms with E-state index in [2.05, 4.69) is 15.2 Å². The molecule has 0 radical (unpaired) electrons. The molecule has 1 aromatic heterocycles. The van der Waals surface area contributed by atoms with Crippen LogP contribution in [-0.4, -0.2) is 59.3 Å². The van der Waals surface area contributed by atoms with Gasteiger partial charge in [-0.15, -0.1) is 0 Å². The molecule has 2 aromatic carbocycles. The van der Waals surface area contributed by atoms with Crippen molar-refractivity contribution in [3.63, 3.8) is 0 Å². The van der Waals surface area contributed by atoms with Gasteiger partial charge in [0.25, 0.3) is 5.91 Å². The van der Waals surface area contributed by atoms with Crippen LogP contribution in [0, 0.1) is 6.92 Å². The van der Waals surface area contributed by atoms with Gasteiger partial charge < -0.3 is 20.1 Å². The lowest BCUT2D eigenvalue weighted by Gasteiger charge is -2.24. The summed E-state index contributed by atoms with van der Waals surface area (Å²) in [6.45, 7) is 7.49. The highest BCUT2D eigenvalue weighted by molar-refractivity contribution is 5.98. The summed E-state index contributed by atoms with van der Waals surface area (Å²) in [7, 11) is 0. The minimum atomic E-state index is -0.684. The lowest BCUT2D eigenvalue weighted by molar-refractivity contribution is 0.0409. The van der Waals surface area contributed by atoms with Crippen molar-refractivity contribution in [1.82, 2.24) is 15.2 Å². The quantitative estimate of drug-likeness (QED) is 0.412. The van der Waals surface area contributed by atoms with Crippen LogP contribution in [0.4, 0.5) is 0 Å². The minimum absolute atomic E-state index is 0.149. The summed E-state index contributed by atoms with van der Waals surface area (Å²) >= 11 is 0. The normalized spacial score (nSPS) is 15.4. The maximum atomic E-state index is 13.2. The Hall–Kier alpha value is -3.22. The van der Waals surface area contributed by atoms with Gasteiger partial charge in [0, 0.05) is 25.5 Å². The fourth-order valence-electron chi connectivity index (χ4n) is 4.74. The number of carbonyl (C=O) groups is 1. The van der Waals surface area contributed by atoms with E-state index in [1.165, 1.54) is 12.8 Å². The SMILES string of the molecule is Cc1c(-c2ccccc2)ccc(C(=O)NCCN2CCCC2)c1OC(C)C(O)CCc1cccnc1. The zero-order valence-corrected chi connectivity index (χ0v) is 21.3. The molecular weight excluding hydrogens is 450 g/mol. The number of aliphatic hydroxyl groups excluding tert-OH is 1. The number of amides is 1. The molecule has 6 nitrogen and oxygen atoms in total. The second kappa shape index (κ2) is 12.7. The Morgan fingerprint density at radius 2 is 1.89 bits per heavy atom. The number of carbonyl (C=O) groups excluding carboxylic acids is 1. The number of rotatable bonds is 11. The van der Waals surface area contributed by atoms with Crippen molar-refractivity contribution < 1.29 is 14.6 Å². The van der Waals surface area contributed by atoms with Crippen LogP contribution >= 0.6 is 0 Å². The Morgan fingerprint density at radius 3 is 2.61 bits per heavy atom. The number of nitrogens with zero attached hydrogens (tertiary/aromatic N) is 2. The summed E-state index contributed by atoms with van der Waals surface area (Å²) < 4.78 is 6.35. The third-order valence-electron chi connectivity index (χ3n) is 6.94. The van der Waals surface area contributed by atoms with Gasteiger partial charge in [-0.2, -0.15) is 0 Å². The number of hydrogen-bond donors (Lipinski definition) is 2. The molecule has 36 heavy (non-hydrogen) atoms. The second-order valence-electron chi connectivity index (χ2n) is 9.58. The molecule has 190 valence electrons. The fraction of sp³-hybridized carbons (Fsp3) is 0.400. The summed E-state index contributed by atoms with van der Waals surface area (Å²) in [6, 6.07) is 17.8. The lowest BCUT2D eigenvalue weighted by Crippen LogP contribution is -2.34. The van der Waals surface area contributed by atoms with E-state index in [0.29, 0.717) is 30.7 Å². The number of benzene rings is 2. The molecular formula is C30H37N3O3. The number of aliphatic hydroxyl groups is 1. The van der Waals surface area contributed by atoms with E-state index in [-0.39, 0.29) is 5.91 Å². The molecule has 0 saturated carbocycles. The van der Waals surface area contributed by atoms with E-state index in [1.807, 2.05) is 74.6 Å². The third-order valence-corrected chi connectivity index (χ3v) is 6.94. The van der Waals surface area contributed by atoms with Crippen LogP contribution in [-0.2, 0) is 6.42 Å². The molecule has 1 fully saturated rings. The highest BCUT2D eigenvalue weighted by Crippen LogP contribution is 2.34. The van der Waals surface area contributed by atoms with Crippen molar-refractivity contribution in [3.05, 3.63) is 83.7 Å². The predicted molar refractivity (Wildman–Crippen MR) is 143 cm³/mol.